The fourth-order valence-electron chi connectivity index (χ4n) is 19.5. The third-order valence-electron chi connectivity index (χ3n) is 24.7. The van der Waals surface area contributed by atoms with Gasteiger partial charge in [0.15, 0.2) is 0 Å². The van der Waals surface area contributed by atoms with Crippen LogP contribution in [0.5, 0.6) is 0 Å². The summed E-state index contributed by atoms with van der Waals surface area (Å²) in [6, 6.07) is 172. The van der Waals surface area contributed by atoms with Crippen molar-refractivity contribution in [1.29, 1.82) is 0 Å². The first-order valence-corrected chi connectivity index (χ1v) is 40.3. The van der Waals surface area contributed by atoms with Crippen molar-refractivity contribution < 1.29 is 0 Å². The molecule has 2 aliphatic carbocycles. The molecule has 1 unspecified atom stereocenters. The zero-order valence-corrected chi connectivity index (χ0v) is 63.8. The second kappa shape index (κ2) is 28.0. The van der Waals surface area contributed by atoms with Crippen molar-refractivity contribution in [1.82, 2.24) is 0 Å². The number of rotatable bonds is 15. The van der Waals surface area contributed by atoms with Gasteiger partial charge in [-0.05, 0) is 216 Å². The van der Waals surface area contributed by atoms with Crippen LogP contribution in [0.25, 0.3) is 121 Å². The summed E-state index contributed by atoms with van der Waals surface area (Å²) in [5, 5.41) is 9.33. The Morgan fingerprint density at radius 1 is 0.155 bits per heavy atom. The molecule has 2 aliphatic rings. The number of benzene rings is 20. The lowest BCUT2D eigenvalue weighted by molar-refractivity contribution is 0.768. The number of anilines is 6. The maximum absolute atomic E-state index is 2.57. The van der Waals surface area contributed by atoms with Crippen molar-refractivity contribution in [2.75, 3.05) is 9.80 Å². The first-order chi connectivity index (χ1) is 57.5. The molecule has 0 saturated carbocycles. The van der Waals surface area contributed by atoms with E-state index in [-0.39, 0.29) is 0 Å². The third kappa shape index (κ3) is 11.1. The average molecular weight is 1470 g/mol. The molecule has 20 aromatic carbocycles. The highest BCUT2D eigenvalue weighted by atomic mass is 15.2. The Bertz CT molecular complexity index is 7130. The molecule has 0 aromatic heterocycles. The van der Waals surface area contributed by atoms with E-state index in [0.717, 1.165) is 61.4 Å². The Kier molecular flexibility index (Phi) is 16.4. The molecule has 0 saturated heterocycles. The van der Waals surface area contributed by atoms with Gasteiger partial charge < -0.3 is 9.80 Å². The predicted octanol–water partition coefficient (Wildman–Crippen LogP) is 30.3. The van der Waals surface area contributed by atoms with Crippen LogP contribution in [0.2, 0.25) is 0 Å². The monoisotopic (exact) mass is 1470 g/mol. The van der Waals surface area contributed by atoms with Crippen molar-refractivity contribution in [3.8, 4) is 77.9 Å². The van der Waals surface area contributed by atoms with E-state index in [0.29, 0.717) is 0 Å². The SMILES string of the molecule is c1ccc(-c2ccc(-c3ccc4cc(N(c5cccc6c5-c5ccccc5C6(c5ccccc5)c5cccc(-c6ccc7cccc(N(c8ccc9ccc(-c%10ccc(-c%11ccccc%11)cc%10)cc9c8)c8cccc9c8-c8ccccc8C9(c8ccccc8)c8ccccc8)c7c6)c5)c5cccc6ccccc56)ccc4c3)cc2)cc1. The highest BCUT2D eigenvalue weighted by Crippen LogP contribution is 2.63. The quantitative estimate of drug-likeness (QED) is 0.101. The molecular weight excluding hydrogens is 1400 g/mol. The molecule has 0 fully saturated rings. The van der Waals surface area contributed by atoms with E-state index in [9.17, 15) is 0 Å². The van der Waals surface area contributed by atoms with Gasteiger partial charge in [-0.1, -0.05) is 388 Å². The highest BCUT2D eigenvalue weighted by Gasteiger charge is 2.49. The fourth-order valence-corrected chi connectivity index (χ4v) is 19.5. The normalized spacial score (nSPS) is 13.6. The summed E-state index contributed by atoms with van der Waals surface area (Å²) in [4.78, 5) is 5.11. The van der Waals surface area contributed by atoms with Gasteiger partial charge in [-0.25, -0.2) is 0 Å². The van der Waals surface area contributed by atoms with E-state index in [2.05, 4.69) is 471 Å². The minimum absolute atomic E-state index is 0.613. The van der Waals surface area contributed by atoms with Gasteiger partial charge in [-0.3, -0.25) is 0 Å². The van der Waals surface area contributed by atoms with Crippen LogP contribution in [0.1, 0.15) is 44.5 Å². The Balaban J connectivity index is 0.711. The Morgan fingerprint density at radius 2 is 0.466 bits per heavy atom. The lowest BCUT2D eigenvalue weighted by Gasteiger charge is -2.35. The van der Waals surface area contributed by atoms with Crippen molar-refractivity contribution in [3.63, 3.8) is 0 Å². The molecule has 0 N–H and O–H groups in total. The molecule has 20 aromatic rings. The largest absolute Gasteiger partial charge is 0.309 e. The van der Waals surface area contributed by atoms with Crippen LogP contribution < -0.4 is 9.80 Å². The predicted molar refractivity (Wildman–Crippen MR) is 488 cm³/mol. The molecule has 2 heteroatoms. The maximum Gasteiger partial charge on any atom is 0.0714 e. The van der Waals surface area contributed by atoms with Gasteiger partial charge in [0, 0.05) is 33.3 Å². The van der Waals surface area contributed by atoms with Crippen molar-refractivity contribution in [3.05, 3.63) is 506 Å². The number of nitrogens with zero attached hydrogens (tertiary/aromatic N) is 2. The van der Waals surface area contributed by atoms with E-state index >= 15 is 0 Å². The van der Waals surface area contributed by atoms with Crippen LogP contribution in [-0.2, 0) is 10.8 Å². The van der Waals surface area contributed by atoms with Gasteiger partial charge >= 0.3 is 0 Å². The molecule has 0 amide bonds. The van der Waals surface area contributed by atoms with Gasteiger partial charge in [-0.15, -0.1) is 0 Å². The summed E-state index contributed by atoms with van der Waals surface area (Å²) < 4.78 is 0. The second-order valence-electron chi connectivity index (χ2n) is 30.9. The molecule has 0 radical (unpaired) electrons. The zero-order chi connectivity index (χ0) is 76.7. The van der Waals surface area contributed by atoms with Crippen molar-refractivity contribution >= 4 is 77.2 Å². The van der Waals surface area contributed by atoms with Gasteiger partial charge in [-0.2, -0.15) is 0 Å². The van der Waals surface area contributed by atoms with Gasteiger partial charge in [0.2, 0.25) is 0 Å². The van der Waals surface area contributed by atoms with Crippen LogP contribution in [0, 0.1) is 0 Å². The molecule has 22 rings (SSSR count). The first-order valence-electron chi connectivity index (χ1n) is 40.3. The zero-order valence-electron chi connectivity index (χ0n) is 63.8. The highest BCUT2D eigenvalue weighted by molar-refractivity contribution is 6.08. The average Bonchev–Trinajstić information content (AvgIpc) is 1.53. The number of hydrogen-bond acceptors (Lipinski definition) is 2. The Hall–Kier alpha value is -15.0. The van der Waals surface area contributed by atoms with Crippen LogP contribution in [0.4, 0.5) is 34.1 Å². The fraction of sp³-hybridized carbons (Fsp3) is 0.0175. The summed E-state index contributed by atoms with van der Waals surface area (Å²) in [7, 11) is 0. The topological polar surface area (TPSA) is 6.48 Å². The van der Waals surface area contributed by atoms with E-state index in [1.54, 1.807) is 0 Å². The second-order valence-corrected chi connectivity index (χ2v) is 30.9. The van der Waals surface area contributed by atoms with Crippen LogP contribution >= 0.6 is 0 Å². The Labute approximate surface area is 676 Å². The summed E-state index contributed by atoms with van der Waals surface area (Å²) in [5.41, 5.74) is 31.7. The molecule has 116 heavy (non-hydrogen) atoms. The first kappa shape index (κ1) is 67.9. The minimum Gasteiger partial charge on any atom is -0.309 e. The molecule has 0 bridgehead atoms. The van der Waals surface area contributed by atoms with Crippen LogP contribution in [0.15, 0.2) is 461 Å². The molecule has 1 atom stereocenters. The van der Waals surface area contributed by atoms with Gasteiger partial charge in [0.25, 0.3) is 0 Å². The Morgan fingerprint density at radius 3 is 1.01 bits per heavy atom. The molecule has 2 nitrogen and oxygen atoms in total. The maximum atomic E-state index is 2.57. The van der Waals surface area contributed by atoms with Gasteiger partial charge in [0.05, 0.1) is 33.6 Å². The summed E-state index contributed by atoms with van der Waals surface area (Å²) in [5.74, 6) is 0. The minimum atomic E-state index is -0.748. The van der Waals surface area contributed by atoms with Crippen molar-refractivity contribution in [2.24, 2.45) is 0 Å². The summed E-state index contributed by atoms with van der Waals surface area (Å²) in [6.45, 7) is 0. The molecule has 0 spiro atoms. The standard InChI is InChI=1S/C114H76N2/c1-6-27-77(28-7-1)79-53-57-81(58-54-79)87-65-66-90-74-97(70-68-89(90)71-87)115(107-49-23-32-84-31-16-17-42-99(84)107)109-51-26-48-106-112(109)101-44-19-21-46-104(101)114(106,95-39-14-5-15-40-95)96-41-22-34-86(73-96)91-64-62-85-33-24-50-108(102(85)76-91)116(98-69-67-83-61-63-88(72-92(83)75-98)82-59-55-80(56-60-82)78-29-8-2-9-30-78)110-52-25-47-105-111(110)100-43-18-20-45-103(100)113(105,93-35-10-3-11-36-93)94-37-12-4-13-38-94/h1-76H. The lowest BCUT2D eigenvalue weighted by Crippen LogP contribution is -2.28. The summed E-state index contributed by atoms with van der Waals surface area (Å²) in [6.07, 6.45) is 0. The van der Waals surface area contributed by atoms with E-state index in [1.165, 1.54) is 138 Å². The smallest absolute Gasteiger partial charge is 0.0714 e. The molecule has 0 aliphatic heterocycles. The van der Waals surface area contributed by atoms with Crippen molar-refractivity contribution in [2.45, 2.75) is 10.8 Å². The lowest BCUT2D eigenvalue weighted by atomic mass is 9.67. The third-order valence-corrected chi connectivity index (χ3v) is 24.7. The van der Waals surface area contributed by atoms with E-state index in [1.807, 2.05) is 0 Å². The molecule has 542 valence electrons. The van der Waals surface area contributed by atoms with Gasteiger partial charge in [0.1, 0.15) is 0 Å². The summed E-state index contributed by atoms with van der Waals surface area (Å²) >= 11 is 0. The number of fused-ring (bicyclic) bond motifs is 10. The van der Waals surface area contributed by atoms with Crippen LogP contribution in [-0.4, -0.2) is 0 Å². The molecule has 0 heterocycles. The number of hydrogen-bond donors (Lipinski definition) is 0. The van der Waals surface area contributed by atoms with E-state index < -0.39 is 10.8 Å². The van der Waals surface area contributed by atoms with E-state index in [4.69, 9.17) is 0 Å². The van der Waals surface area contributed by atoms with Crippen LogP contribution in [0.3, 0.4) is 0 Å². The molecular formula is C114H76N2.